The lowest BCUT2D eigenvalue weighted by atomic mass is 9.80. The van der Waals surface area contributed by atoms with Crippen LogP contribution in [0.5, 0.6) is 0 Å². The van der Waals surface area contributed by atoms with Gasteiger partial charge < -0.3 is 19.2 Å². The van der Waals surface area contributed by atoms with Crippen molar-refractivity contribution >= 4 is 24.1 Å². The number of nitrogens with zero attached hydrogens (tertiary/aromatic N) is 3. The average molecular weight is 368 g/mol. The molecule has 0 atom stereocenters. The van der Waals surface area contributed by atoms with Crippen LogP contribution in [0.3, 0.4) is 0 Å². The molecule has 2 aromatic rings. The number of hydrogen-bond acceptors (Lipinski definition) is 6. The quantitative estimate of drug-likeness (QED) is 0.833. The van der Waals surface area contributed by atoms with Gasteiger partial charge in [0.05, 0.1) is 11.2 Å². The molecule has 1 N–H and O–H groups in total. The van der Waals surface area contributed by atoms with Gasteiger partial charge in [-0.25, -0.2) is 9.97 Å². The second kappa shape index (κ2) is 6.17. The highest BCUT2D eigenvalue weighted by Crippen LogP contribution is 2.38. The highest BCUT2D eigenvalue weighted by atomic mass is 16.7. The van der Waals surface area contributed by atoms with Gasteiger partial charge in [-0.1, -0.05) is 0 Å². The zero-order valence-corrected chi connectivity index (χ0v) is 16.4. The molecule has 0 spiro atoms. The first-order valence-electron chi connectivity index (χ1n) is 9.32. The van der Waals surface area contributed by atoms with Crippen molar-refractivity contribution in [1.82, 2.24) is 14.5 Å². The SMILES string of the molecule is Cn1cc(B2OC(C)(C)C(C)(C)O2)cc(Nc2ccnc(C3CC3)n2)c1=O. The molecule has 8 heteroatoms. The number of anilines is 2. The molecule has 1 aliphatic carbocycles. The van der Waals surface area contributed by atoms with Gasteiger partial charge in [-0.05, 0) is 52.7 Å². The summed E-state index contributed by atoms with van der Waals surface area (Å²) in [6, 6.07) is 3.55. The van der Waals surface area contributed by atoms with E-state index < -0.39 is 18.3 Å². The lowest BCUT2D eigenvalue weighted by Gasteiger charge is -2.32. The van der Waals surface area contributed by atoms with Gasteiger partial charge >= 0.3 is 7.12 Å². The summed E-state index contributed by atoms with van der Waals surface area (Å²) in [7, 11) is 1.19. The smallest absolute Gasteiger partial charge is 0.399 e. The Morgan fingerprint density at radius 1 is 1.22 bits per heavy atom. The van der Waals surface area contributed by atoms with Crippen LogP contribution in [-0.4, -0.2) is 32.9 Å². The molecule has 1 aliphatic heterocycles. The first-order valence-corrected chi connectivity index (χ1v) is 9.32. The van der Waals surface area contributed by atoms with Crippen LogP contribution in [0.1, 0.15) is 52.3 Å². The van der Waals surface area contributed by atoms with Crippen LogP contribution in [0.25, 0.3) is 0 Å². The van der Waals surface area contributed by atoms with Gasteiger partial charge in [-0.2, -0.15) is 0 Å². The Morgan fingerprint density at radius 2 is 1.89 bits per heavy atom. The minimum atomic E-state index is -0.533. The zero-order valence-electron chi connectivity index (χ0n) is 16.4. The maximum Gasteiger partial charge on any atom is 0.496 e. The van der Waals surface area contributed by atoms with E-state index in [9.17, 15) is 4.79 Å². The molecule has 0 aromatic carbocycles. The number of hydrogen-bond donors (Lipinski definition) is 1. The van der Waals surface area contributed by atoms with Gasteiger partial charge in [-0.15, -0.1) is 0 Å². The monoisotopic (exact) mass is 368 g/mol. The molecule has 1 saturated carbocycles. The van der Waals surface area contributed by atoms with Gasteiger partial charge in [0.15, 0.2) is 0 Å². The topological polar surface area (TPSA) is 78.3 Å². The first-order chi connectivity index (χ1) is 12.7. The average Bonchev–Trinajstić information content (AvgIpc) is 3.40. The van der Waals surface area contributed by atoms with Crippen molar-refractivity contribution in [1.29, 1.82) is 0 Å². The molecule has 2 aromatic heterocycles. The fourth-order valence-electron chi connectivity index (χ4n) is 3.06. The van der Waals surface area contributed by atoms with Crippen LogP contribution >= 0.6 is 0 Å². The third-order valence-electron chi connectivity index (χ3n) is 5.61. The van der Waals surface area contributed by atoms with E-state index >= 15 is 0 Å². The van der Waals surface area contributed by atoms with Crippen LogP contribution in [0.4, 0.5) is 11.5 Å². The number of aromatic nitrogens is 3. The molecule has 2 aliphatic rings. The summed E-state index contributed by atoms with van der Waals surface area (Å²) in [5.74, 6) is 1.90. The lowest BCUT2D eigenvalue weighted by molar-refractivity contribution is 0.00578. The van der Waals surface area contributed by atoms with Gasteiger partial charge in [0.1, 0.15) is 17.3 Å². The summed E-state index contributed by atoms with van der Waals surface area (Å²) >= 11 is 0. The van der Waals surface area contributed by atoms with Crippen LogP contribution in [0.2, 0.25) is 0 Å². The third-order valence-corrected chi connectivity index (χ3v) is 5.61. The number of aryl methyl sites for hydroxylation is 1. The normalized spacial score (nSPS) is 20.7. The van der Waals surface area contributed by atoms with Crippen LogP contribution < -0.4 is 16.3 Å². The minimum Gasteiger partial charge on any atom is -0.399 e. The molecule has 2 fully saturated rings. The molecule has 0 radical (unpaired) electrons. The number of nitrogens with one attached hydrogen (secondary N) is 1. The number of rotatable bonds is 4. The summed E-state index contributed by atoms with van der Waals surface area (Å²) < 4.78 is 13.8. The molecular formula is C19H25BN4O3. The molecule has 3 heterocycles. The van der Waals surface area contributed by atoms with Crippen molar-refractivity contribution in [3.63, 3.8) is 0 Å². The Morgan fingerprint density at radius 3 is 2.52 bits per heavy atom. The molecule has 1 saturated heterocycles. The fourth-order valence-corrected chi connectivity index (χ4v) is 3.06. The second-order valence-corrected chi connectivity index (χ2v) is 8.39. The largest absolute Gasteiger partial charge is 0.496 e. The van der Waals surface area contributed by atoms with E-state index in [0.29, 0.717) is 17.4 Å². The maximum atomic E-state index is 12.6. The Bertz CT molecular complexity index is 921. The van der Waals surface area contributed by atoms with E-state index in [0.717, 1.165) is 24.1 Å². The predicted octanol–water partition coefficient (Wildman–Crippen LogP) is 2.10. The first kappa shape index (κ1) is 18.2. The predicted molar refractivity (Wildman–Crippen MR) is 105 cm³/mol. The summed E-state index contributed by atoms with van der Waals surface area (Å²) in [5.41, 5.74) is 0.208. The van der Waals surface area contributed by atoms with Crippen molar-refractivity contribution in [2.45, 2.75) is 57.7 Å². The van der Waals surface area contributed by atoms with Crippen molar-refractivity contribution in [3.8, 4) is 0 Å². The Labute approximate surface area is 159 Å². The molecule has 0 bridgehead atoms. The third kappa shape index (κ3) is 3.39. The van der Waals surface area contributed by atoms with Crippen LogP contribution in [0, 0.1) is 0 Å². The Hall–Kier alpha value is -2.19. The highest BCUT2D eigenvalue weighted by molar-refractivity contribution is 6.62. The van der Waals surface area contributed by atoms with Gasteiger partial charge in [0, 0.05) is 30.8 Å². The standard InChI is InChI=1S/C19H25BN4O3/c1-18(2)19(3,4)27-20(26-18)13-10-14(17(25)24(5)11-13)22-15-8-9-21-16(23-15)12-6-7-12/h8-12H,6-7H2,1-5H3,(H,21,22,23). The van der Waals surface area contributed by atoms with E-state index in [1.165, 1.54) is 4.57 Å². The molecule has 4 rings (SSSR count). The lowest BCUT2D eigenvalue weighted by Crippen LogP contribution is -2.41. The van der Waals surface area contributed by atoms with Gasteiger partial charge in [0.25, 0.3) is 5.56 Å². The van der Waals surface area contributed by atoms with Crippen molar-refractivity contribution in [3.05, 3.63) is 40.7 Å². The maximum absolute atomic E-state index is 12.6. The van der Waals surface area contributed by atoms with Crippen LogP contribution in [0.15, 0.2) is 29.3 Å². The molecule has 7 nitrogen and oxygen atoms in total. The van der Waals surface area contributed by atoms with Crippen molar-refractivity contribution in [2.24, 2.45) is 7.05 Å². The van der Waals surface area contributed by atoms with E-state index in [2.05, 4.69) is 15.3 Å². The molecule has 27 heavy (non-hydrogen) atoms. The summed E-state index contributed by atoms with van der Waals surface area (Å²) in [4.78, 5) is 21.5. The van der Waals surface area contributed by atoms with Crippen LogP contribution in [-0.2, 0) is 16.4 Å². The van der Waals surface area contributed by atoms with E-state index in [1.807, 2.05) is 27.7 Å². The highest BCUT2D eigenvalue weighted by Gasteiger charge is 2.52. The van der Waals surface area contributed by atoms with Gasteiger partial charge in [-0.3, -0.25) is 4.79 Å². The van der Waals surface area contributed by atoms with E-state index in [-0.39, 0.29) is 5.56 Å². The Kier molecular flexibility index (Phi) is 4.16. The number of pyridine rings is 1. The molecular weight excluding hydrogens is 343 g/mol. The zero-order chi connectivity index (χ0) is 19.4. The summed E-state index contributed by atoms with van der Waals surface area (Å²) in [6.45, 7) is 8.03. The van der Waals surface area contributed by atoms with Gasteiger partial charge in [0.2, 0.25) is 0 Å². The molecule has 0 unspecified atom stereocenters. The van der Waals surface area contributed by atoms with Crippen molar-refractivity contribution in [2.75, 3.05) is 5.32 Å². The summed E-state index contributed by atoms with van der Waals surface area (Å²) in [5, 5.41) is 3.15. The fraction of sp³-hybridized carbons (Fsp3) is 0.526. The van der Waals surface area contributed by atoms with E-state index in [1.54, 1.807) is 31.6 Å². The van der Waals surface area contributed by atoms with Crippen molar-refractivity contribution < 1.29 is 9.31 Å². The second-order valence-electron chi connectivity index (χ2n) is 8.39. The minimum absolute atomic E-state index is 0.137. The molecule has 142 valence electrons. The molecule has 0 amide bonds. The van der Waals surface area contributed by atoms with E-state index in [4.69, 9.17) is 9.31 Å². The Balaban J connectivity index is 1.64. The summed E-state index contributed by atoms with van der Waals surface area (Å²) in [6.07, 6.45) is 5.74.